The SMILES string of the molecule is Cn1c(=O)oc2ccc(-c3ccc(C[C@H](C#N)NC(=O)C4CNCCCO4)cn3)cc21. The third-order valence-electron chi connectivity index (χ3n) is 5.26. The van der Waals surface area contributed by atoms with Crippen LogP contribution in [0.2, 0.25) is 0 Å². The summed E-state index contributed by atoms with van der Waals surface area (Å²) in [7, 11) is 1.65. The number of carbonyl (C=O) groups is 1. The molecule has 0 saturated carbocycles. The number of hydrogen-bond acceptors (Lipinski definition) is 7. The quantitative estimate of drug-likeness (QED) is 0.633. The lowest BCUT2D eigenvalue weighted by atomic mass is 10.1. The Bertz CT molecular complexity index is 1170. The molecule has 160 valence electrons. The molecule has 1 fully saturated rings. The summed E-state index contributed by atoms with van der Waals surface area (Å²) in [5.74, 6) is -0.699. The van der Waals surface area contributed by atoms with Gasteiger partial charge in [0.15, 0.2) is 5.58 Å². The van der Waals surface area contributed by atoms with Gasteiger partial charge < -0.3 is 19.8 Å². The van der Waals surface area contributed by atoms with Gasteiger partial charge in [-0.1, -0.05) is 6.07 Å². The van der Waals surface area contributed by atoms with Crippen molar-refractivity contribution in [3.8, 4) is 17.3 Å². The van der Waals surface area contributed by atoms with Gasteiger partial charge in [0.1, 0.15) is 12.1 Å². The van der Waals surface area contributed by atoms with E-state index in [2.05, 4.69) is 21.7 Å². The van der Waals surface area contributed by atoms with Crippen LogP contribution < -0.4 is 16.4 Å². The first-order valence-corrected chi connectivity index (χ1v) is 10.1. The molecule has 1 aliphatic rings. The lowest BCUT2D eigenvalue weighted by molar-refractivity contribution is -0.132. The first-order chi connectivity index (χ1) is 15.0. The van der Waals surface area contributed by atoms with Crippen LogP contribution in [0.15, 0.2) is 45.7 Å². The zero-order valence-corrected chi connectivity index (χ0v) is 17.1. The van der Waals surface area contributed by atoms with Gasteiger partial charge in [-0.25, -0.2) is 4.79 Å². The summed E-state index contributed by atoms with van der Waals surface area (Å²) in [6, 6.07) is 10.6. The summed E-state index contributed by atoms with van der Waals surface area (Å²) >= 11 is 0. The number of nitriles is 1. The smallest absolute Gasteiger partial charge is 0.408 e. The molecule has 1 amide bonds. The molecule has 0 aliphatic carbocycles. The van der Waals surface area contributed by atoms with E-state index in [1.54, 1.807) is 19.3 Å². The second-order valence-electron chi connectivity index (χ2n) is 7.47. The molecule has 3 heterocycles. The topological polar surface area (TPSA) is 122 Å². The zero-order valence-electron chi connectivity index (χ0n) is 17.1. The van der Waals surface area contributed by atoms with Crippen LogP contribution >= 0.6 is 0 Å². The van der Waals surface area contributed by atoms with E-state index in [9.17, 15) is 14.9 Å². The van der Waals surface area contributed by atoms with Crippen molar-refractivity contribution in [1.29, 1.82) is 5.26 Å². The number of aromatic nitrogens is 2. The van der Waals surface area contributed by atoms with E-state index in [-0.39, 0.29) is 5.91 Å². The maximum Gasteiger partial charge on any atom is 0.419 e. The number of aryl methyl sites for hydroxylation is 1. The highest BCUT2D eigenvalue weighted by atomic mass is 16.5. The van der Waals surface area contributed by atoms with E-state index in [4.69, 9.17) is 9.15 Å². The van der Waals surface area contributed by atoms with Crippen LogP contribution in [0.4, 0.5) is 0 Å². The van der Waals surface area contributed by atoms with Crippen LogP contribution in [0.5, 0.6) is 0 Å². The molecule has 31 heavy (non-hydrogen) atoms. The maximum atomic E-state index is 12.4. The minimum atomic E-state index is -0.677. The first-order valence-electron chi connectivity index (χ1n) is 10.1. The summed E-state index contributed by atoms with van der Waals surface area (Å²) in [4.78, 5) is 28.6. The molecule has 2 N–H and O–H groups in total. The Hall–Kier alpha value is -3.48. The Labute approximate surface area is 178 Å². The zero-order chi connectivity index (χ0) is 21.8. The standard InChI is InChI=1S/C22H23N5O4/c1-27-18-10-15(4-6-19(18)31-22(27)29)17-5-3-14(12-25-17)9-16(11-23)26-21(28)20-13-24-7-2-8-30-20/h3-6,10,12,16,20,24H,2,7-9,13H2,1H3,(H,26,28)/t16-,20?/m1/s1. The molecule has 9 nitrogen and oxygen atoms in total. The van der Waals surface area contributed by atoms with Crippen molar-refractivity contribution < 1.29 is 13.9 Å². The molecule has 2 aromatic heterocycles. The van der Waals surface area contributed by atoms with Crippen molar-refractivity contribution in [1.82, 2.24) is 20.2 Å². The molecule has 3 aromatic rings. The number of fused-ring (bicyclic) bond motifs is 1. The lowest BCUT2D eigenvalue weighted by Gasteiger charge is -2.18. The van der Waals surface area contributed by atoms with Gasteiger partial charge in [-0.15, -0.1) is 0 Å². The lowest BCUT2D eigenvalue weighted by Crippen LogP contribution is -2.46. The van der Waals surface area contributed by atoms with Crippen molar-refractivity contribution in [2.75, 3.05) is 19.7 Å². The Morgan fingerprint density at radius 2 is 2.29 bits per heavy atom. The van der Waals surface area contributed by atoms with Gasteiger partial charge >= 0.3 is 5.76 Å². The number of oxazole rings is 1. The third kappa shape index (κ3) is 4.66. The molecular formula is C22H23N5O4. The number of nitrogens with one attached hydrogen (secondary N) is 2. The van der Waals surface area contributed by atoms with E-state index >= 15 is 0 Å². The minimum Gasteiger partial charge on any atom is -0.408 e. The molecule has 4 rings (SSSR count). The van der Waals surface area contributed by atoms with E-state index in [0.29, 0.717) is 30.7 Å². The molecule has 0 radical (unpaired) electrons. The second kappa shape index (κ2) is 9.12. The van der Waals surface area contributed by atoms with Crippen molar-refractivity contribution in [2.24, 2.45) is 7.05 Å². The highest BCUT2D eigenvalue weighted by Gasteiger charge is 2.23. The fraction of sp³-hybridized carbons (Fsp3) is 0.364. The fourth-order valence-corrected chi connectivity index (χ4v) is 3.51. The van der Waals surface area contributed by atoms with Gasteiger partial charge in [-0.05, 0) is 42.8 Å². The highest BCUT2D eigenvalue weighted by molar-refractivity contribution is 5.82. The third-order valence-corrected chi connectivity index (χ3v) is 5.26. The average Bonchev–Trinajstić information content (AvgIpc) is 2.96. The molecule has 0 spiro atoms. The van der Waals surface area contributed by atoms with Crippen LogP contribution in [0, 0.1) is 11.3 Å². The summed E-state index contributed by atoms with van der Waals surface area (Å²) in [5, 5.41) is 15.4. The summed E-state index contributed by atoms with van der Waals surface area (Å²) in [6.07, 6.45) is 2.29. The van der Waals surface area contributed by atoms with Gasteiger partial charge in [-0.3, -0.25) is 14.3 Å². The molecular weight excluding hydrogens is 398 g/mol. The first kappa shape index (κ1) is 20.8. The van der Waals surface area contributed by atoms with Crippen LogP contribution in [0.1, 0.15) is 12.0 Å². The van der Waals surface area contributed by atoms with E-state index < -0.39 is 17.9 Å². The maximum absolute atomic E-state index is 12.4. The number of rotatable bonds is 5. The molecule has 1 unspecified atom stereocenters. The number of pyridine rings is 1. The number of carbonyl (C=O) groups excluding carboxylic acids is 1. The predicted molar refractivity (Wildman–Crippen MR) is 113 cm³/mol. The van der Waals surface area contributed by atoms with E-state index in [0.717, 1.165) is 29.8 Å². The number of nitrogens with zero attached hydrogens (tertiary/aromatic N) is 3. The second-order valence-corrected chi connectivity index (χ2v) is 7.47. The van der Waals surface area contributed by atoms with Gasteiger partial charge in [0.2, 0.25) is 0 Å². The number of hydrogen-bond donors (Lipinski definition) is 2. The Morgan fingerprint density at radius 3 is 3.06 bits per heavy atom. The number of benzene rings is 1. The summed E-state index contributed by atoms with van der Waals surface area (Å²) < 4.78 is 12.1. The largest absolute Gasteiger partial charge is 0.419 e. The van der Waals surface area contributed by atoms with Gasteiger partial charge in [0, 0.05) is 38.4 Å². The van der Waals surface area contributed by atoms with Crippen molar-refractivity contribution >= 4 is 17.0 Å². The molecule has 1 aliphatic heterocycles. The molecule has 0 bridgehead atoms. The molecule has 1 saturated heterocycles. The summed E-state index contributed by atoms with van der Waals surface area (Å²) in [6.45, 7) is 1.77. The fourth-order valence-electron chi connectivity index (χ4n) is 3.51. The monoisotopic (exact) mass is 421 g/mol. The van der Waals surface area contributed by atoms with Crippen LogP contribution in [-0.4, -0.2) is 47.3 Å². The van der Waals surface area contributed by atoms with Crippen molar-refractivity contribution in [2.45, 2.75) is 25.0 Å². The average molecular weight is 421 g/mol. The van der Waals surface area contributed by atoms with Crippen LogP contribution in [0.25, 0.3) is 22.4 Å². The predicted octanol–water partition coefficient (Wildman–Crippen LogP) is 1.12. The van der Waals surface area contributed by atoms with E-state index in [1.807, 2.05) is 24.3 Å². The van der Waals surface area contributed by atoms with Crippen molar-refractivity contribution in [3.05, 3.63) is 52.6 Å². The van der Waals surface area contributed by atoms with Crippen LogP contribution in [0.3, 0.4) is 0 Å². The van der Waals surface area contributed by atoms with Crippen molar-refractivity contribution in [3.63, 3.8) is 0 Å². The molecule has 1 aromatic carbocycles. The van der Waals surface area contributed by atoms with Gasteiger partial charge in [-0.2, -0.15) is 5.26 Å². The Morgan fingerprint density at radius 1 is 1.42 bits per heavy atom. The van der Waals surface area contributed by atoms with Gasteiger partial charge in [0.25, 0.3) is 5.91 Å². The molecule has 2 atom stereocenters. The van der Waals surface area contributed by atoms with Crippen LogP contribution in [-0.2, 0) is 23.0 Å². The highest BCUT2D eigenvalue weighted by Crippen LogP contribution is 2.22. The van der Waals surface area contributed by atoms with Gasteiger partial charge in [0.05, 0.1) is 17.3 Å². The number of ether oxygens (including phenoxy) is 1. The van der Waals surface area contributed by atoms with E-state index in [1.165, 1.54) is 4.57 Å². The number of amides is 1. The molecule has 9 heteroatoms. The Kier molecular flexibility index (Phi) is 6.11. The Balaban J connectivity index is 1.43. The summed E-state index contributed by atoms with van der Waals surface area (Å²) in [5.41, 5.74) is 3.62. The minimum absolute atomic E-state index is 0.287. The normalized spacial score (nSPS) is 17.6.